The van der Waals surface area contributed by atoms with E-state index in [4.69, 9.17) is 5.73 Å². The molecule has 0 heterocycles. The summed E-state index contributed by atoms with van der Waals surface area (Å²) in [5.74, 6) is 0.0646. The van der Waals surface area contributed by atoms with Gasteiger partial charge in [-0.3, -0.25) is 9.59 Å². The molecule has 0 saturated heterocycles. The van der Waals surface area contributed by atoms with Crippen molar-refractivity contribution in [2.24, 2.45) is 17.1 Å². The van der Waals surface area contributed by atoms with E-state index in [2.05, 4.69) is 10.6 Å². The number of hydrogen-bond acceptors (Lipinski definition) is 3. The lowest BCUT2D eigenvalue weighted by atomic mass is 9.86. The van der Waals surface area contributed by atoms with Crippen LogP contribution < -0.4 is 16.4 Å². The SMILES string of the molecule is CC(C)(C)C(NC(=O)CNCC1CC1)C(N)=O.Cl. The minimum absolute atomic E-state index is 0. The van der Waals surface area contributed by atoms with Crippen molar-refractivity contribution < 1.29 is 9.59 Å². The number of carbonyl (C=O) groups is 2. The number of carbonyl (C=O) groups excluding carboxylic acids is 2. The number of nitrogens with one attached hydrogen (secondary N) is 2. The molecule has 1 atom stereocenters. The summed E-state index contributed by atoms with van der Waals surface area (Å²) in [6, 6.07) is -0.627. The first kappa shape index (κ1) is 17.2. The summed E-state index contributed by atoms with van der Waals surface area (Å²) in [4.78, 5) is 22.9. The van der Waals surface area contributed by atoms with E-state index in [-0.39, 0.29) is 30.3 Å². The fourth-order valence-electron chi connectivity index (χ4n) is 1.64. The molecular weight excluding hydrogens is 254 g/mol. The molecule has 0 aromatic carbocycles. The van der Waals surface area contributed by atoms with E-state index in [1.54, 1.807) is 0 Å². The first-order chi connectivity index (χ1) is 7.80. The lowest BCUT2D eigenvalue weighted by molar-refractivity contribution is -0.129. The van der Waals surface area contributed by atoms with Crippen molar-refractivity contribution in [2.45, 2.75) is 39.7 Å². The van der Waals surface area contributed by atoms with E-state index in [9.17, 15) is 9.59 Å². The van der Waals surface area contributed by atoms with E-state index >= 15 is 0 Å². The standard InChI is InChI=1S/C12H23N3O2.ClH/c1-12(2,3)10(11(13)17)15-9(16)7-14-6-8-4-5-8;/h8,10,14H,4-7H2,1-3H3,(H2,13,17)(H,15,16);1H. The summed E-state index contributed by atoms with van der Waals surface area (Å²) < 4.78 is 0. The van der Waals surface area contributed by atoms with Crippen molar-refractivity contribution in [2.75, 3.05) is 13.1 Å². The number of primary amides is 1. The molecule has 0 aliphatic heterocycles. The van der Waals surface area contributed by atoms with Gasteiger partial charge in [0.15, 0.2) is 0 Å². The number of hydrogen-bond donors (Lipinski definition) is 3. The summed E-state index contributed by atoms with van der Waals surface area (Å²) in [6.45, 7) is 6.75. The van der Waals surface area contributed by atoms with Crippen LogP contribution in [0.5, 0.6) is 0 Å². The van der Waals surface area contributed by atoms with Crippen LogP contribution in [0.15, 0.2) is 0 Å². The quantitative estimate of drug-likeness (QED) is 0.658. The molecule has 1 fully saturated rings. The molecule has 106 valence electrons. The largest absolute Gasteiger partial charge is 0.368 e. The van der Waals surface area contributed by atoms with Crippen LogP contribution in [0.4, 0.5) is 0 Å². The van der Waals surface area contributed by atoms with Gasteiger partial charge >= 0.3 is 0 Å². The van der Waals surface area contributed by atoms with Crippen LogP contribution in [0, 0.1) is 11.3 Å². The zero-order valence-corrected chi connectivity index (χ0v) is 12.1. The lowest BCUT2D eigenvalue weighted by Gasteiger charge is -2.28. The molecule has 2 amide bonds. The second kappa shape index (κ2) is 6.95. The van der Waals surface area contributed by atoms with Gasteiger partial charge in [0.25, 0.3) is 0 Å². The minimum atomic E-state index is -0.627. The van der Waals surface area contributed by atoms with Gasteiger partial charge in [-0.05, 0) is 30.7 Å². The number of amides is 2. The van der Waals surface area contributed by atoms with Crippen LogP contribution in [0.25, 0.3) is 0 Å². The highest BCUT2D eigenvalue weighted by Crippen LogP contribution is 2.27. The van der Waals surface area contributed by atoms with Gasteiger partial charge < -0.3 is 16.4 Å². The summed E-state index contributed by atoms with van der Waals surface area (Å²) >= 11 is 0. The molecule has 1 rings (SSSR count). The Morgan fingerprint density at radius 2 is 1.89 bits per heavy atom. The Morgan fingerprint density at radius 1 is 1.33 bits per heavy atom. The second-order valence-corrected chi connectivity index (χ2v) is 5.84. The second-order valence-electron chi connectivity index (χ2n) is 5.84. The van der Waals surface area contributed by atoms with Crippen LogP contribution in [0.2, 0.25) is 0 Å². The van der Waals surface area contributed by atoms with Gasteiger partial charge in [-0.25, -0.2) is 0 Å². The predicted octanol–water partition coefficient (Wildman–Crippen LogP) is 0.424. The Balaban J connectivity index is 0.00000289. The number of nitrogens with two attached hydrogens (primary N) is 1. The molecule has 5 nitrogen and oxygen atoms in total. The van der Waals surface area contributed by atoms with Crippen molar-refractivity contribution in [3.05, 3.63) is 0 Å². The summed E-state index contributed by atoms with van der Waals surface area (Å²) in [7, 11) is 0. The van der Waals surface area contributed by atoms with Crippen molar-refractivity contribution in [3.63, 3.8) is 0 Å². The van der Waals surface area contributed by atoms with Gasteiger partial charge in [0.05, 0.1) is 6.54 Å². The molecule has 0 radical (unpaired) electrons. The average Bonchev–Trinajstić information content (AvgIpc) is 2.95. The van der Waals surface area contributed by atoms with Gasteiger partial charge in [-0.1, -0.05) is 20.8 Å². The van der Waals surface area contributed by atoms with Gasteiger partial charge in [0.2, 0.25) is 11.8 Å². The summed E-state index contributed by atoms with van der Waals surface area (Å²) in [6.07, 6.45) is 2.50. The third kappa shape index (κ3) is 6.21. The fourth-order valence-corrected chi connectivity index (χ4v) is 1.64. The Hall–Kier alpha value is -0.810. The average molecular weight is 278 g/mol. The van der Waals surface area contributed by atoms with Crippen LogP contribution >= 0.6 is 12.4 Å². The molecule has 1 aliphatic carbocycles. The molecule has 1 saturated carbocycles. The summed E-state index contributed by atoms with van der Waals surface area (Å²) in [5.41, 5.74) is 4.92. The van der Waals surface area contributed by atoms with E-state index in [0.717, 1.165) is 12.5 Å². The summed E-state index contributed by atoms with van der Waals surface area (Å²) in [5, 5.41) is 5.75. The third-order valence-electron chi connectivity index (χ3n) is 2.87. The van der Waals surface area contributed by atoms with Crippen molar-refractivity contribution in [1.82, 2.24) is 10.6 Å². The van der Waals surface area contributed by atoms with Crippen molar-refractivity contribution in [1.29, 1.82) is 0 Å². The van der Waals surface area contributed by atoms with Gasteiger partial charge in [0.1, 0.15) is 6.04 Å². The molecule has 18 heavy (non-hydrogen) atoms. The zero-order valence-electron chi connectivity index (χ0n) is 11.3. The van der Waals surface area contributed by atoms with Crippen molar-refractivity contribution in [3.8, 4) is 0 Å². The smallest absolute Gasteiger partial charge is 0.240 e. The van der Waals surface area contributed by atoms with Crippen LogP contribution in [0.3, 0.4) is 0 Å². The normalized spacial score (nSPS) is 16.6. The highest BCUT2D eigenvalue weighted by Gasteiger charge is 2.30. The minimum Gasteiger partial charge on any atom is -0.368 e. The Labute approximate surface area is 115 Å². The van der Waals surface area contributed by atoms with Crippen LogP contribution in [-0.4, -0.2) is 30.9 Å². The van der Waals surface area contributed by atoms with Gasteiger partial charge in [-0.2, -0.15) is 0 Å². The highest BCUT2D eigenvalue weighted by atomic mass is 35.5. The number of rotatable bonds is 6. The Kier molecular flexibility index (Phi) is 6.63. The molecule has 0 aromatic rings. The molecule has 1 aliphatic rings. The molecule has 4 N–H and O–H groups in total. The molecule has 1 unspecified atom stereocenters. The zero-order chi connectivity index (χ0) is 13.1. The molecule has 0 bridgehead atoms. The Morgan fingerprint density at radius 3 is 2.28 bits per heavy atom. The Bertz CT molecular complexity index is 298. The monoisotopic (exact) mass is 277 g/mol. The number of halogens is 1. The lowest BCUT2D eigenvalue weighted by Crippen LogP contribution is -2.53. The molecule has 0 spiro atoms. The first-order valence-corrected chi connectivity index (χ1v) is 6.10. The third-order valence-corrected chi connectivity index (χ3v) is 2.87. The van der Waals surface area contributed by atoms with E-state index in [1.807, 2.05) is 20.8 Å². The highest BCUT2D eigenvalue weighted by molar-refractivity contribution is 5.87. The van der Waals surface area contributed by atoms with E-state index in [1.165, 1.54) is 12.8 Å². The van der Waals surface area contributed by atoms with Crippen molar-refractivity contribution >= 4 is 24.2 Å². The van der Waals surface area contributed by atoms with E-state index in [0.29, 0.717) is 0 Å². The predicted molar refractivity (Wildman–Crippen MR) is 73.4 cm³/mol. The fraction of sp³-hybridized carbons (Fsp3) is 0.833. The van der Waals surface area contributed by atoms with Crippen LogP contribution in [0.1, 0.15) is 33.6 Å². The maximum Gasteiger partial charge on any atom is 0.240 e. The van der Waals surface area contributed by atoms with Gasteiger partial charge in [-0.15, -0.1) is 12.4 Å². The molecule has 6 heteroatoms. The van der Waals surface area contributed by atoms with Crippen LogP contribution in [-0.2, 0) is 9.59 Å². The topological polar surface area (TPSA) is 84.2 Å². The van der Waals surface area contributed by atoms with Gasteiger partial charge in [0, 0.05) is 0 Å². The van der Waals surface area contributed by atoms with E-state index < -0.39 is 11.9 Å². The maximum absolute atomic E-state index is 11.6. The first-order valence-electron chi connectivity index (χ1n) is 6.10. The molecular formula is C12H24ClN3O2. The maximum atomic E-state index is 11.6. The molecule has 0 aromatic heterocycles.